The molecule has 0 bridgehead atoms. The highest BCUT2D eigenvalue weighted by Gasteiger charge is 2.32. The van der Waals surface area contributed by atoms with Crippen LogP contribution in [0.15, 0.2) is 47.5 Å². The molecule has 8 heteroatoms. The minimum atomic E-state index is -3.29. The van der Waals surface area contributed by atoms with Gasteiger partial charge < -0.3 is 9.80 Å². The van der Waals surface area contributed by atoms with E-state index in [-0.39, 0.29) is 0 Å². The molecule has 0 spiro atoms. The van der Waals surface area contributed by atoms with Crippen molar-refractivity contribution in [1.29, 1.82) is 0 Å². The van der Waals surface area contributed by atoms with Gasteiger partial charge in [-0.3, -0.25) is 0 Å². The van der Waals surface area contributed by atoms with Crippen LogP contribution in [0.25, 0.3) is 10.2 Å². The van der Waals surface area contributed by atoms with Crippen molar-refractivity contribution in [2.24, 2.45) is 0 Å². The largest absolute Gasteiger partial charge is 0.352 e. The number of sulfone groups is 1. The summed E-state index contributed by atoms with van der Waals surface area (Å²) >= 11 is 1.53. The predicted octanol–water partition coefficient (Wildman–Crippen LogP) is 2.42. The highest BCUT2D eigenvalue weighted by Crippen LogP contribution is 2.34. The van der Waals surface area contributed by atoms with Crippen LogP contribution in [-0.4, -0.2) is 50.8 Å². The third kappa shape index (κ3) is 2.96. The summed E-state index contributed by atoms with van der Waals surface area (Å²) in [5, 5.41) is 0.844. The fourth-order valence-corrected chi connectivity index (χ4v) is 4.87. The molecule has 3 aromatic rings. The van der Waals surface area contributed by atoms with Gasteiger partial charge in [0.25, 0.3) is 0 Å². The number of hydrogen-bond acceptors (Lipinski definition) is 7. The van der Waals surface area contributed by atoms with Gasteiger partial charge in [0, 0.05) is 32.6 Å². The zero-order chi connectivity index (χ0) is 17.6. The van der Waals surface area contributed by atoms with Crippen LogP contribution in [-0.2, 0) is 9.84 Å². The van der Waals surface area contributed by atoms with Gasteiger partial charge in [-0.05, 0) is 24.3 Å². The minimum Gasteiger partial charge on any atom is -0.352 e. The zero-order valence-electron chi connectivity index (χ0n) is 14.0. The number of rotatable bonds is 4. The molecule has 0 atom stereocenters. The van der Waals surface area contributed by atoms with Crippen molar-refractivity contribution in [3.05, 3.63) is 42.6 Å². The number of nitrogens with zero attached hydrogens (tertiary/aromatic N) is 4. The highest BCUT2D eigenvalue weighted by atomic mass is 32.2. The fraction of sp³-hybridized carbons (Fsp3) is 0.294. The van der Waals surface area contributed by atoms with Crippen LogP contribution in [0.3, 0.4) is 0 Å². The van der Waals surface area contributed by atoms with E-state index in [9.17, 15) is 8.42 Å². The monoisotopic (exact) mass is 374 g/mol. The van der Waals surface area contributed by atoms with E-state index >= 15 is 0 Å². The normalized spacial score (nSPS) is 15.4. The summed E-state index contributed by atoms with van der Waals surface area (Å²) in [5.41, 5.74) is 0.567. The van der Waals surface area contributed by atoms with Crippen LogP contribution >= 0.6 is 11.3 Å². The molecule has 0 saturated carbocycles. The van der Waals surface area contributed by atoms with Crippen molar-refractivity contribution >= 4 is 42.3 Å². The molecule has 6 nitrogen and oxygen atoms in total. The molecule has 4 rings (SSSR count). The van der Waals surface area contributed by atoms with Crippen LogP contribution < -0.4 is 9.80 Å². The molecule has 0 N–H and O–H groups in total. The van der Waals surface area contributed by atoms with Gasteiger partial charge in [0.1, 0.15) is 11.3 Å². The SMILES string of the molecule is CN(c1nc2c(S(C)(=O)=O)cccc2s1)C1CN(c2ccccn2)C1. The van der Waals surface area contributed by atoms with E-state index in [1.165, 1.54) is 17.6 Å². The number of hydrogen-bond donors (Lipinski definition) is 0. The van der Waals surface area contributed by atoms with E-state index in [0.717, 1.165) is 28.7 Å². The molecule has 0 aliphatic carbocycles. The van der Waals surface area contributed by atoms with E-state index in [1.54, 1.807) is 18.3 Å². The smallest absolute Gasteiger partial charge is 0.186 e. The molecule has 0 radical (unpaired) electrons. The van der Waals surface area contributed by atoms with Gasteiger partial charge in [0.05, 0.1) is 15.6 Å². The molecule has 0 amide bonds. The molecule has 25 heavy (non-hydrogen) atoms. The number of anilines is 2. The summed E-state index contributed by atoms with van der Waals surface area (Å²) in [4.78, 5) is 13.6. The summed E-state index contributed by atoms with van der Waals surface area (Å²) in [5.74, 6) is 0.982. The second-order valence-electron chi connectivity index (χ2n) is 6.23. The Morgan fingerprint density at radius 3 is 2.68 bits per heavy atom. The lowest BCUT2D eigenvalue weighted by molar-refractivity contribution is 0.492. The number of fused-ring (bicyclic) bond motifs is 1. The van der Waals surface area contributed by atoms with E-state index in [1.807, 2.05) is 31.3 Å². The van der Waals surface area contributed by atoms with Crippen molar-refractivity contribution in [2.45, 2.75) is 10.9 Å². The van der Waals surface area contributed by atoms with Crippen LogP contribution in [0, 0.1) is 0 Å². The summed E-state index contributed by atoms with van der Waals surface area (Å²) in [7, 11) is -1.28. The van der Waals surface area contributed by atoms with Gasteiger partial charge in [-0.25, -0.2) is 18.4 Å². The number of aromatic nitrogens is 2. The van der Waals surface area contributed by atoms with Crippen LogP contribution in [0.1, 0.15) is 0 Å². The third-order valence-corrected chi connectivity index (χ3v) is 6.69. The van der Waals surface area contributed by atoms with Gasteiger partial charge in [-0.1, -0.05) is 23.5 Å². The van der Waals surface area contributed by atoms with Gasteiger partial charge in [0.2, 0.25) is 0 Å². The Labute approximate surface area is 150 Å². The number of likely N-dealkylation sites (N-methyl/N-ethyl adjacent to an activating group) is 1. The van der Waals surface area contributed by atoms with Gasteiger partial charge in [-0.2, -0.15) is 0 Å². The second-order valence-corrected chi connectivity index (χ2v) is 9.22. The first-order chi connectivity index (χ1) is 11.9. The topological polar surface area (TPSA) is 66.4 Å². The van der Waals surface area contributed by atoms with E-state index in [0.29, 0.717) is 16.5 Å². The van der Waals surface area contributed by atoms with Crippen molar-refractivity contribution in [1.82, 2.24) is 9.97 Å². The highest BCUT2D eigenvalue weighted by molar-refractivity contribution is 7.91. The summed E-state index contributed by atoms with van der Waals surface area (Å²) < 4.78 is 24.8. The lowest BCUT2D eigenvalue weighted by Crippen LogP contribution is -2.59. The van der Waals surface area contributed by atoms with Gasteiger partial charge >= 0.3 is 0 Å². The molecule has 130 valence electrons. The number of para-hydroxylation sites is 1. The Kier molecular flexibility index (Phi) is 3.88. The first-order valence-corrected chi connectivity index (χ1v) is 10.6. The van der Waals surface area contributed by atoms with Gasteiger partial charge in [0.15, 0.2) is 15.0 Å². The average Bonchev–Trinajstić information content (AvgIpc) is 2.97. The van der Waals surface area contributed by atoms with Crippen molar-refractivity contribution in [3.63, 3.8) is 0 Å². The Morgan fingerprint density at radius 2 is 2.00 bits per heavy atom. The molecule has 0 unspecified atom stereocenters. The summed E-state index contributed by atoms with van der Waals surface area (Å²) in [6.07, 6.45) is 3.02. The quantitative estimate of drug-likeness (QED) is 0.699. The zero-order valence-corrected chi connectivity index (χ0v) is 15.6. The molecule has 1 aliphatic heterocycles. The molecule has 3 heterocycles. The van der Waals surface area contributed by atoms with Gasteiger partial charge in [-0.15, -0.1) is 0 Å². The molecule has 1 aromatic carbocycles. The third-order valence-electron chi connectivity index (χ3n) is 4.46. The molecule has 1 saturated heterocycles. The first kappa shape index (κ1) is 16.3. The molecule has 1 aliphatic rings. The molecular formula is C17H18N4O2S2. The molecule has 1 fully saturated rings. The van der Waals surface area contributed by atoms with Crippen LogP contribution in [0.2, 0.25) is 0 Å². The lowest BCUT2D eigenvalue weighted by Gasteiger charge is -2.44. The Hall–Kier alpha value is -2.19. The van der Waals surface area contributed by atoms with Crippen LogP contribution in [0.4, 0.5) is 10.9 Å². The molecular weight excluding hydrogens is 356 g/mol. The summed E-state index contributed by atoms with van der Waals surface area (Å²) in [6.45, 7) is 1.75. The van der Waals surface area contributed by atoms with E-state index in [2.05, 4.69) is 19.8 Å². The number of thiazole rings is 1. The average molecular weight is 374 g/mol. The number of benzene rings is 1. The maximum atomic E-state index is 12.0. The maximum absolute atomic E-state index is 12.0. The standard InChI is InChI=1S/C17H18N4O2S2/c1-20(12-10-21(11-12)15-8-3-4-9-18-15)17-19-16-13(24-17)6-5-7-14(16)25(2,22)23/h3-9,12H,10-11H2,1-2H3. The van der Waals surface area contributed by atoms with Crippen molar-refractivity contribution in [3.8, 4) is 0 Å². The lowest BCUT2D eigenvalue weighted by atomic mass is 10.1. The number of pyridine rings is 1. The fourth-order valence-electron chi connectivity index (χ4n) is 2.95. The van der Waals surface area contributed by atoms with E-state index in [4.69, 9.17) is 0 Å². The Bertz CT molecular complexity index is 1010. The first-order valence-electron chi connectivity index (χ1n) is 7.92. The second kappa shape index (κ2) is 5.96. The van der Waals surface area contributed by atoms with Crippen LogP contribution in [0.5, 0.6) is 0 Å². The Morgan fingerprint density at radius 1 is 1.20 bits per heavy atom. The summed E-state index contributed by atoms with van der Waals surface area (Å²) in [6, 6.07) is 11.5. The predicted molar refractivity (Wildman–Crippen MR) is 101 cm³/mol. The Balaban J connectivity index is 1.57. The van der Waals surface area contributed by atoms with E-state index < -0.39 is 9.84 Å². The van der Waals surface area contributed by atoms with Crippen molar-refractivity contribution < 1.29 is 8.42 Å². The van der Waals surface area contributed by atoms with Crippen molar-refractivity contribution in [2.75, 3.05) is 36.2 Å². The molecule has 2 aromatic heterocycles. The maximum Gasteiger partial charge on any atom is 0.186 e. The minimum absolute atomic E-state index is 0.296.